The zero-order chi connectivity index (χ0) is 10.7. The van der Waals surface area contributed by atoms with Crippen molar-refractivity contribution >= 4 is 17.4 Å². The molecule has 5 heteroatoms. The maximum absolute atomic E-state index is 13.2. The number of halogens is 1. The highest BCUT2D eigenvalue weighted by atomic mass is 19.1. The zero-order valence-corrected chi connectivity index (χ0v) is 7.60. The standard InChI is InChI=1S/C9H10FN3O/c1-5(14)13-8-3-2-6(9(11)12)4-7(8)10/h2-4H,1H3,(H3,11,12)(H,13,14). The van der Waals surface area contributed by atoms with Gasteiger partial charge in [0.25, 0.3) is 0 Å². The molecule has 0 aliphatic carbocycles. The third-order valence-electron chi connectivity index (χ3n) is 1.59. The number of nitrogens with two attached hydrogens (primary N) is 1. The first kappa shape index (κ1) is 10.2. The van der Waals surface area contributed by atoms with E-state index < -0.39 is 5.82 Å². The van der Waals surface area contributed by atoms with E-state index in [1.54, 1.807) is 0 Å². The van der Waals surface area contributed by atoms with Crippen molar-refractivity contribution in [2.75, 3.05) is 5.32 Å². The Morgan fingerprint density at radius 1 is 1.57 bits per heavy atom. The first-order chi connectivity index (χ1) is 6.50. The van der Waals surface area contributed by atoms with Crippen LogP contribution in [0.25, 0.3) is 0 Å². The number of amidine groups is 1. The fourth-order valence-corrected chi connectivity index (χ4v) is 0.974. The molecule has 0 saturated carbocycles. The molecule has 0 spiro atoms. The van der Waals surface area contributed by atoms with Crippen LogP contribution in [-0.2, 0) is 4.79 Å². The number of carbonyl (C=O) groups is 1. The quantitative estimate of drug-likeness (QED) is 0.487. The summed E-state index contributed by atoms with van der Waals surface area (Å²) in [5, 5.41) is 9.38. The van der Waals surface area contributed by atoms with E-state index in [2.05, 4.69) is 5.32 Å². The molecule has 0 bridgehead atoms. The number of nitrogens with one attached hydrogen (secondary N) is 2. The van der Waals surface area contributed by atoms with Crippen LogP contribution in [0.4, 0.5) is 10.1 Å². The molecule has 1 aromatic rings. The minimum atomic E-state index is -0.604. The molecule has 14 heavy (non-hydrogen) atoms. The number of carbonyl (C=O) groups excluding carboxylic acids is 1. The van der Waals surface area contributed by atoms with E-state index in [0.717, 1.165) is 6.07 Å². The van der Waals surface area contributed by atoms with E-state index >= 15 is 0 Å². The van der Waals surface area contributed by atoms with E-state index in [0.29, 0.717) is 0 Å². The summed E-state index contributed by atoms with van der Waals surface area (Å²) in [6.45, 7) is 1.29. The van der Waals surface area contributed by atoms with Crippen LogP contribution < -0.4 is 11.1 Å². The Labute approximate surface area is 80.4 Å². The molecule has 74 valence electrons. The Bertz CT molecular complexity index is 390. The number of benzene rings is 1. The lowest BCUT2D eigenvalue weighted by atomic mass is 10.2. The van der Waals surface area contributed by atoms with Gasteiger partial charge in [-0.1, -0.05) is 0 Å². The largest absolute Gasteiger partial charge is 0.384 e. The minimum absolute atomic E-state index is 0.0856. The van der Waals surface area contributed by atoms with Crippen molar-refractivity contribution in [1.29, 1.82) is 5.41 Å². The number of hydrogen-bond donors (Lipinski definition) is 3. The predicted octanol–water partition coefficient (Wildman–Crippen LogP) is 1.07. The molecule has 0 radical (unpaired) electrons. The molecule has 0 atom stereocenters. The average Bonchev–Trinajstić information content (AvgIpc) is 2.07. The van der Waals surface area contributed by atoms with Crippen LogP contribution in [0.1, 0.15) is 12.5 Å². The second-order valence-corrected chi connectivity index (χ2v) is 2.79. The van der Waals surface area contributed by atoms with Gasteiger partial charge in [0.05, 0.1) is 5.69 Å². The molecule has 0 fully saturated rings. The molecule has 0 saturated heterocycles. The highest BCUT2D eigenvalue weighted by molar-refractivity contribution is 5.96. The van der Waals surface area contributed by atoms with Crippen molar-refractivity contribution in [1.82, 2.24) is 0 Å². The van der Waals surface area contributed by atoms with Crippen molar-refractivity contribution in [3.63, 3.8) is 0 Å². The predicted molar refractivity (Wildman–Crippen MR) is 51.7 cm³/mol. The molecule has 1 amide bonds. The lowest BCUT2D eigenvalue weighted by molar-refractivity contribution is -0.114. The maximum atomic E-state index is 13.2. The number of amides is 1. The van der Waals surface area contributed by atoms with Crippen LogP contribution in [0.15, 0.2) is 18.2 Å². The minimum Gasteiger partial charge on any atom is -0.384 e. The molecule has 0 unspecified atom stereocenters. The summed E-state index contributed by atoms with van der Waals surface area (Å²) in [7, 11) is 0. The Balaban J connectivity index is 3.01. The normalized spacial score (nSPS) is 9.57. The van der Waals surface area contributed by atoms with Crippen LogP contribution in [0, 0.1) is 11.2 Å². The average molecular weight is 195 g/mol. The maximum Gasteiger partial charge on any atom is 0.221 e. The third kappa shape index (κ3) is 2.29. The summed E-state index contributed by atoms with van der Waals surface area (Å²) in [4.78, 5) is 10.6. The van der Waals surface area contributed by atoms with Crippen LogP contribution >= 0.6 is 0 Å². The van der Waals surface area contributed by atoms with Gasteiger partial charge in [0.2, 0.25) is 5.91 Å². The Kier molecular flexibility index (Phi) is 2.81. The second kappa shape index (κ2) is 3.87. The Hall–Kier alpha value is -1.91. The van der Waals surface area contributed by atoms with Crippen LogP contribution in [-0.4, -0.2) is 11.7 Å². The van der Waals surface area contributed by atoms with Gasteiger partial charge in [-0.15, -0.1) is 0 Å². The van der Waals surface area contributed by atoms with Gasteiger partial charge in [-0.3, -0.25) is 10.2 Å². The molecule has 0 aromatic heterocycles. The summed E-state index contributed by atoms with van der Waals surface area (Å²) in [6, 6.07) is 3.94. The van der Waals surface area contributed by atoms with Crippen LogP contribution in [0.5, 0.6) is 0 Å². The lowest BCUT2D eigenvalue weighted by Crippen LogP contribution is -2.12. The first-order valence-electron chi connectivity index (χ1n) is 3.92. The molecule has 1 rings (SSSR count). The van der Waals surface area contributed by atoms with E-state index in [1.807, 2.05) is 0 Å². The Morgan fingerprint density at radius 3 is 2.64 bits per heavy atom. The third-order valence-corrected chi connectivity index (χ3v) is 1.59. The van der Waals surface area contributed by atoms with E-state index in [-0.39, 0.29) is 23.0 Å². The van der Waals surface area contributed by atoms with Gasteiger partial charge in [0.15, 0.2) is 0 Å². The molecule has 4 N–H and O–H groups in total. The van der Waals surface area contributed by atoms with Gasteiger partial charge in [-0.05, 0) is 18.2 Å². The van der Waals surface area contributed by atoms with E-state index in [9.17, 15) is 9.18 Å². The van der Waals surface area contributed by atoms with Gasteiger partial charge in [0, 0.05) is 12.5 Å². The summed E-state index contributed by atoms with van der Waals surface area (Å²) in [6.07, 6.45) is 0. The number of anilines is 1. The molecule has 1 aromatic carbocycles. The second-order valence-electron chi connectivity index (χ2n) is 2.79. The summed E-state index contributed by atoms with van der Waals surface area (Å²) in [5.41, 5.74) is 5.54. The smallest absolute Gasteiger partial charge is 0.221 e. The molecular formula is C9H10FN3O. The molecule has 0 aliphatic rings. The molecule has 4 nitrogen and oxygen atoms in total. The lowest BCUT2D eigenvalue weighted by Gasteiger charge is -2.05. The van der Waals surface area contributed by atoms with Gasteiger partial charge in [-0.25, -0.2) is 4.39 Å². The summed E-state index contributed by atoms with van der Waals surface area (Å²) >= 11 is 0. The summed E-state index contributed by atoms with van der Waals surface area (Å²) in [5.74, 6) is -1.16. The number of rotatable bonds is 2. The monoisotopic (exact) mass is 195 g/mol. The van der Waals surface area contributed by atoms with Crippen molar-refractivity contribution in [3.8, 4) is 0 Å². The van der Waals surface area contributed by atoms with E-state index in [4.69, 9.17) is 11.1 Å². The van der Waals surface area contributed by atoms with Crippen LogP contribution in [0.3, 0.4) is 0 Å². The summed E-state index contributed by atoms with van der Waals surface area (Å²) < 4.78 is 13.2. The Morgan fingerprint density at radius 2 is 2.21 bits per heavy atom. The van der Waals surface area contributed by atoms with Crippen molar-refractivity contribution in [2.45, 2.75) is 6.92 Å². The van der Waals surface area contributed by atoms with Gasteiger partial charge < -0.3 is 11.1 Å². The topological polar surface area (TPSA) is 79.0 Å². The number of hydrogen-bond acceptors (Lipinski definition) is 2. The molecule has 0 aliphatic heterocycles. The van der Waals surface area contributed by atoms with Gasteiger partial charge in [0.1, 0.15) is 11.7 Å². The van der Waals surface area contributed by atoms with Crippen molar-refractivity contribution in [3.05, 3.63) is 29.6 Å². The highest BCUT2D eigenvalue weighted by Crippen LogP contribution is 2.15. The highest BCUT2D eigenvalue weighted by Gasteiger charge is 2.05. The van der Waals surface area contributed by atoms with Crippen molar-refractivity contribution < 1.29 is 9.18 Å². The fourth-order valence-electron chi connectivity index (χ4n) is 0.974. The molecular weight excluding hydrogens is 185 g/mol. The van der Waals surface area contributed by atoms with E-state index in [1.165, 1.54) is 19.1 Å². The van der Waals surface area contributed by atoms with Gasteiger partial charge >= 0.3 is 0 Å². The van der Waals surface area contributed by atoms with Crippen molar-refractivity contribution in [2.24, 2.45) is 5.73 Å². The molecule has 0 heterocycles. The zero-order valence-electron chi connectivity index (χ0n) is 7.60. The van der Waals surface area contributed by atoms with Crippen LogP contribution in [0.2, 0.25) is 0 Å². The SMILES string of the molecule is CC(=O)Nc1ccc(C(=N)N)cc1F. The van der Waals surface area contributed by atoms with Gasteiger partial charge in [-0.2, -0.15) is 0 Å². The fraction of sp³-hybridized carbons (Fsp3) is 0.111. The number of nitrogen functional groups attached to an aromatic ring is 1. The first-order valence-corrected chi connectivity index (χ1v) is 3.92.